The number of carbonyl (C=O) groups excluding carboxylic acids is 3. The summed E-state index contributed by atoms with van der Waals surface area (Å²) in [5.41, 5.74) is 1.17. The van der Waals surface area contributed by atoms with Crippen molar-refractivity contribution in [3.8, 4) is 11.5 Å². The number of fused-ring (bicyclic) bond motifs is 1. The highest BCUT2D eigenvalue weighted by Crippen LogP contribution is 2.31. The van der Waals surface area contributed by atoms with Gasteiger partial charge in [-0.3, -0.25) is 19.3 Å². The van der Waals surface area contributed by atoms with Crippen LogP contribution in [0.4, 0.5) is 8.78 Å². The quantitative estimate of drug-likeness (QED) is 0.485. The second kappa shape index (κ2) is 10.7. The van der Waals surface area contributed by atoms with E-state index in [1.54, 1.807) is 37.4 Å². The molecule has 0 unspecified atom stereocenters. The fourth-order valence-corrected chi connectivity index (χ4v) is 4.15. The lowest BCUT2D eigenvalue weighted by molar-refractivity contribution is -0.134. The van der Waals surface area contributed by atoms with Gasteiger partial charge in [-0.15, -0.1) is 0 Å². The minimum absolute atomic E-state index is 0.105. The van der Waals surface area contributed by atoms with Crippen LogP contribution in [0.5, 0.6) is 11.5 Å². The van der Waals surface area contributed by atoms with Crippen molar-refractivity contribution in [2.75, 3.05) is 26.2 Å². The fourth-order valence-electron chi connectivity index (χ4n) is 3.69. The fraction of sp³-hybridized carbons (Fsp3) is 0.348. The number of hydrogen-bond acceptors (Lipinski definition) is 6. The van der Waals surface area contributed by atoms with Gasteiger partial charge in [0.25, 0.3) is 11.8 Å². The number of imide groups is 1. The second-order valence-corrected chi connectivity index (χ2v) is 8.37. The molecule has 0 aliphatic carbocycles. The number of carbonyl (C=O) groups is 3. The molecule has 3 rings (SSSR count). The molecule has 0 bridgehead atoms. The van der Waals surface area contributed by atoms with Crippen LogP contribution in [0, 0.1) is 0 Å². The zero-order valence-corrected chi connectivity index (χ0v) is 19.2. The van der Waals surface area contributed by atoms with E-state index in [4.69, 9.17) is 4.74 Å². The van der Waals surface area contributed by atoms with Gasteiger partial charge < -0.3 is 14.4 Å². The van der Waals surface area contributed by atoms with Crippen molar-refractivity contribution in [1.82, 2.24) is 9.80 Å². The van der Waals surface area contributed by atoms with Gasteiger partial charge in [0.1, 0.15) is 6.04 Å². The molecule has 1 aliphatic rings. The predicted octanol–water partition coefficient (Wildman–Crippen LogP) is 3.67. The number of likely N-dealkylation sites (N-methyl/N-ethyl adjacent to an activating group) is 1. The first-order chi connectivity index (χ1) is 15.8. The highest BCUT2D eigenvalue weighted by molar-refractivity contribution is 7.98. The number of hydrogen-bond donors (Lipinski definition) is 0. The van der Waals surface area contributed by atoms with Gasteiger partial charge in [-0.1, -0.05) is 18.2 Å². The maximum atomic E-state index is 13.4. The number of alkyl halides is 2. The Balaban J connectivity index is 1.81. The van der Waals surface area contributed by atoms with E-state index in [-0.39, 0.29) is 29.2 Å². The number of amides is 3. The number of halogens is 2. The van der Waals surface area contributed by atoms with E-state index in [0.29, 0.717) is 17.7 Å². The van der Waals surface area contributed by atoms with Crippen LogP contribution in [0.3, 0.4) is 0 Å². The zero-order valence-electron chi connectivity index (χ0n) is 18.4. The van der Waals surface area contributed by atoms with E-state index < -0.39 is 30.4 Å². The number of rotatable bonds is 10. The summed E-state index contributed by atoms with van der Waals surface area (Å²) in [6.45, 7) is -2.88. The summed E-state index contributed by atoms with van der Waals surface area (Å²) < 4.78 is 34.7. The Morgan fingerprint density at radius 3 is 2.27 bits per heavy atom. The molecule has 7 nitrogen and oxygen atoms in total. The average molecular weight is 479 g/mol. The Hall–Kier alpha value is -3.14. The summed E-state index contributed by atoms with van der Waals surface area (Å²) in [5.74, 6) is -0.810. The third-order valence-corrected chi connectivity index (χ3v) is 5.90. The summed E-state index contributed by atoms with van der Waals surface area (Å²) in [5, 5.41) is 0. The van der Waals surface area contributed by atoms with Gasteiger partial charge in [-0.25, -0.2) is 0 Å². The first kappa shape index (κ1) is 24.5. The molecule has 0 saturated heterocycles. The molecule has 3 amide bonds. The Bertz CT molecular complexity index is 1010. The first-order valence-electron chi connectivity index (χ1n) is 10.1. The maximum Gasteiger partial charge on any atom is 0.387 e. The topological polar surface area (TPSA) is 76.2 Å². The highest BCUT2D eigenvalue weighted by atomic mass is 32.2. The number of thioether (sulfide) groups is 1. The number of nitrogens with zero attached hydrogens (tertiary/aromatic N) is 2. The minimum Gasteiger partial charge on any atom is -0.493 e. The van der Waals surface area contributed by atoms with Crippen LogP contribution in [-0.2, 0) is 11.3 Å². The Labute approximate surface area is 194 Å². The van der Waals surface area contributed by atoms with E-state index in [0.717, 1.165) is 4.90 Å². The molecule has 0 spiro atoms. The third kappa shape index (κ3) is 5.27. The van der Waals surface area contributed by atoms with Crippen LogP contribution in [-0.4, -0.2) is 66.3 Å². The Morgan fingerprint density at radius 2 is 1.73 bits per heavy atom. The molecule has 33 heavy (non-hydrogen) atoms. The zero-order chi connectivity index (χ0) is 24.1. The standard InChI is InChI=1S/C23H24F2N2O5S/c1-26(13-14-8-9-18(32-23(24)25)19(12-14)31-2)22(30)17(10-11-33-3)27-20(28)15-6-4-5-7-16(15)21(27)29/h4-9,12,17,23H,10-11,13H2,1-3H3/t17-/m0/s1. The molecule has 0 saturated carbocycles. The van der Waals surface area contributed by atoms with Crippen LogP contribution in [0.1, 0.15) is 32.7 Å². The van der Waals surface area contributed by atoms with Gasteiger partial charge in [-0.05, 0) is 48.3 Å². The molecule has 1 atom stereocenters. The number of benzene rings is 2. The van der Waals surface area contributed by atoms with Crippen LogP contribution in [0.2, 0.25) is 0 Å². The van der Waals surface area contributed by atoms with E-state index in [1.807, 2.05) is 6.26 Å². The van der Waals surface area contributed by atoms with Gasteiger partial charge >= 0.3 is 6.61 Å². The number of methoxy groups -OCH3 is 1. The minimum atomic E-state index is -2.99. The molecular formula is C23H24F2N2O5S. The van der Waals surface area contributed by atoms with Crippen molar-refractivity contribution < 1.29 is 32.6 Å². The summed E-state index contributed by atoms with van der Waals surface area (Å²) >= 11 is 1.51. The van der Waals surface area contributed by atoms with Crippen LogP contribution < -0.4 is 9.47 Å². The summed E-state index contributed by atoms with van der Waals surface area (Å²) in [4.78, 5) is 41.7. The van der Waals surface area contributed by atoms with Gasteiger partial charge in [0, 0.05) is 13.6 Å². The molecule has 2 aromatic rings. The molecule has 0 aromatic heterocycles. The van der Waals surface area contributed by atoms with Crippen molar-refractivity contribution in [3.63, 3.8) is 0 Å². The van der Waals surface area contributed by atoms with E-state index >= 15 is 0 Å². The smallest absolute Gasteiger partial charge is 0.387 e. The summed E-state index contributed by atoms with van der Waals surface area (Å²) in [6.07, 6.45) is 2.18. The van der Waals surface area contributed by atoms with Crippen LogP contribution in [0.15, 0.2) is 42.5 Å². The molecule has 0 fully saturated rings. The molecule has 0 N–H and O–H groups in total. The van der Waals surface area contributed by atoms with Crippen molar-refractivity contribution in [2.45, 2.75) is 25.6 Å². The largest absolute Gasteiger partial charge is 0.493 e. The molecule has 1 heterocycles. The normalized spacial score (nSPS) is 13.8. The lowest BCUT2D eigenvalue weighted by Gasteiger charge is -2.29. The van der Waals surface area contributed by atoms with Gasteiger partial charge in [0.2, 0.25) is 5.91 Å². The third-order valence-electron chi connectivity index (χ3n) is 5.26. The number of ether oxygens (including phenoxy) is 2. The van der Waals surface area contributed by atoms with Crippen molar-refractivity contribution in [2.24, 2.45) is 0 Å². The first-order valence-corrected chi connectivity index (χ1v) is 11.5. The summed E-state index contributed by atoms with van der Waals surface area (Å²) in [7, 11) is 2.88. The second-order valence-electron chi connectivity index (χ2n) is 7.38. The molecule has 0 radical (unpaired) electrons. The molecule has 2 aromatic carbocycles. The lowest BCUT2D eigenvalue weighted by atomic mass is 10.1. The van der Waals surface area contributed by atoms with E-state index in [2.05, 4.69) is 4.74 Å². The van der Waals surface area contributed by atoms with Crippen molar-refractivity contribution >= 4 is 29.5 Å². The van der Waals surface area contributed by atoms with E-state index in [1.165, 1.54) is 35.9 Å². The Morgan fingerprint density at radius 1 is 1.09 bits per heavy atom. The van der Waals surface area contributed by atoms with Gasteiger partial charge in [0.15, 0.2) is 11.5 Å². The predicted molar refractivity (Wildman–Crippen MR) is 120 cm³/mol. The molecule has 1 aliphatic heterocycles. The van der Waals surface area contributed by atoms with Crippen LogP contribution in [0.25, 0.3) is 0 Å². The SMILES string of the molecule is COc1cc(CN(C)C(=O)[C@H](CCSC)N2C(=O)c3ccccc3C2=O)ccc1OC(F)F. The molecular weight excluding hydrogens is 454 g/mol. The van der Waals surface area contributed by atoms with Crippen LogP contribution >= 0.6 is 11.8 Å². The maximum absolute atomic E-state index is 13.4. The molecule has 176 valence electrons. The van der Waals surface area contributed by atoms with Gasteiger partial charge in [0.05, 0.1) is 18.2 Å². The monoisotopic (exact) mass is 478 g/mol. The Kier molecular flexibility index (Phi) is 7.91. The van der Waals surface area contributed by atoms with E-state index in [9.17, 15) is 23.2 Å². The highest BCUT2D eigenvalue weighted by Gasteiger charge is 2.43. The van der Waals surface area contributed by atoms with Gasteiger partial charge in [-0.2, -0.15) is 20.5 Å². The average Bonchev–Trinajstić information content (AvgIpc) is 3.05. The van der Waals surface area contributed by atoms with Crippen molar-refractivity contribution in [1.29, 1.82) is 0 Å². The lowest BCUT2D eigenvalue weighted by Crippen LogP contribution is -2.50. The molecule has 10 heteroatoms. The van der Waals surface area contributed by atoms with Crippen molar-refractivity contribution in [3.05, 3.63) is 59.2 Å². The summed E-state index contributed by atoms with van der Waals surface area (Å²) in [6, 6.07) is 9.92.